The van der Waals surface area contributed by atoms with Gasteiger partial charge in [0.2, 0.25) is 0 Å². The maximum absolute atomic E-state index is 12.3. The molecule has 3 nitrogen and oxygen atoms in total. The highest BCUT2D eigenvalue weighted by atomic mass is 16.5. The van der Waals surface area contributed by atoms with Crippen LogP contribution in [-0.4, -0.2) is 24.6 Å². The zero-order valence-corrected chi connectivity index (χ0v) is 9.94. The molecular formula is C14H16O3. The third kappa shape index (κ3) is 1.84. The van der Waals surface area contributed by atoms with Crippen LogP contribution in [0.25, 0.3) is 0 Å². The predicted octanol–water partition coefficient (Wildman–Crippen LogP) is 2.37. The van der Waals surface area contributed by atoms with Gasteiger partial charge in [0.05, 0.1) is 18.3 Å². The number of carbonyl (C=O) groups excluding carboxylic acids is 1. The van der Waals surface area contributed by atoms with Crippen molar-refractivity contribution in [1.82, 2.24) is 0 Å². The molecule has 0 spiro atoms. The van der Waals surface area contributed by atoms with Crippen LogP contribution < -0.4 is 4.74 Å². The van der Waals surface area contributed by atoms with Gasteiger partial charge in [-0.1, -0.05) is 12.1 Å². The Morgan fingerprint density at radius 3 is 3.00 bits per heavy atom. The van der Waals surface area contributed by atoms with Crippen LogP contribution in [0.2, 0.25) is 0 Å². The highest BCUT2D eigenvalue weighted by Crippen LogP contribution is 2.32. The lowest BCUT2D eigenvalue weighted by molar-refractivity contribution is 0.0431. The minimum absolute atomic E-state index is 0.0769. The van der Waals surface area contributed by atoms with E-state index in [9.17, 15) is 4.79 Å². The standard InChI is InChI=1S/C14H16O3/c1-9-5-6-12(17-9)13(15)11-4-2-3-10-7-8-16-14(10)11/h2-4,9,12H,5-8H2,1H3. The summed E-state index contributed by atoms with van der Waals surface area (Å²) in [7, 11) is 0. The highest BCUT2D eigenvalue weighted by Gasteiger charge is 2.31. The average molecular weight is 232 g/mol. The summed E-state index contributed by atoms with van der Waals surface area (Å²) in [4.78, 5) is 12.3. The van der Waals surface area contributed by atoms with Crippen molar-refractivity contribution in [3.63, 3.8) is 0 Å². The summed E-state index contributed by atoms with van der Waals surface area (Å²) >= 11 is 0. The van der Waals surface area contributed by atoms with E-state index < -0.39 is 0 Å². The van der Waals surface area contributed by atoms with Crippen molar-refractivity contribution in [3.8, 4) is 5.75 Å². The molecule has 0 aliphatic carbocycles. The molecule has 90 valence electrons. The molecule has 0 N–H and O–H groups in total. The van der Waals surface area contributed by atoms with Crippen LogP contribution in [0.4, 0.5) is 0 Å². The molecule has 0 amide bonds. The molecule has 0 aromatic heterocycles. The molecule has 3 heteroatoms. The third-order valence-corrected chi connectivity index (χ3v) is 3.50. The molecule has 2 aliphatic rings. The van der Waals surface area contributed by atoms with Crippen LogP contribution in [0.1, 0.15) is 35.7 Å². The smallest absolute Gasteiger partial charge is 0.195 e. The minimum atomic E-state index is -0.277. The molecule has 1 aromatic rings. The molecule has 17 heavy (non-hydrogen) atoms. The maximum atomic E-state index is 12.3. The van der Waals surface area contributed by atoms with E-state index in [4.69, 9.17) is 9.47 Å². The fourth-order valence-corrected chi connectivity index (χ4v) is 2.58. The van der Waals surface area contributed by atoms with Gasteiger partial charge in [0.25, 0.3) is 0 Å². The third-order valence-electron chi connectivity index (χ3n) is 3.50. The lowest BCUT2D eigenvalue weighted by Gasteiger charge is -2.12. The summed E-state index contributed by atoms with van der Waals surface area (Å²) in [6, 6.07) is 5.80. The minimum Gasteiger partial charge on any atom is -0.492 e. The number of hydrogen-bond donors (Lipinski definition) is 0. The first kappa shape index (κ1) is 10.8. The summed E-state index contributed by atoms with van der Waals surface area (Å²) in [5.74, 6) is 0.855. The van der Waals surface area contributed by atoms with E-state index in [1.165, 1.54) is 0 Å². The Morgan fingerprint density at radius 1 is 1.35 bits per heavy atom. The first-order valence-corrected chi connectivity index (χ1v) is 6.20. The fourth-order valence-electron chi connectivity index (χ4n) is 2.58. The van der Waals surface area contributed by atoms with Gasteiger partial charge in [-0.25, -0.2) is 0 Å². The van der Waals surface area contributed by atoms with E-state index in [2.05, 4.69) is 0 Å². The number of carbonyl (C=O) groups is 1. The van der Waals surface area contributed by atoms with E-state index in [-0.39, 0.29) is 18.0 Å². The first-order valence-electron chi connectivity index (χ1n) is 6.20. The number of fused-ring (bicyclic) bond motifs is 1. The molecular weight excluding hydrogens is 216 g/mol. The van der Waals surface area contributed by atoms with Crippen LogP contribution in [0.3, 0.4) is 0 Å². The zero-order valence-electron chi connectivity index (χ0n) is 9.94. The Balaban J connectivity index is 1.89. The quantitative estimate of drug-likeness (QED) is 0.734. The van der Waals surface area contributed by atoms with Crippen molar-refractivity contribution < 1.29 is 14.3 Å². The predicted molar refractivity (Wildman–Crippen MR) is 63.5 cm³/mol. The van der Waals surface area contributed by atoms with Crippen molar-refractivity contribution in [2.45, 2.75) is 38.4 Å². The van der Waals surface area contributed by atoms with E-state index in [0.717, 1.165) is 30.6 Å². The van der Waals surface area contributed by atoms with Gasteiger partial charge in [-0.05, 0) is 31.4 Å². The Labute approximate surface area is 101 Å². The van der Waals surface area contributed by atoms with Crippen molar-refractivity contribution in [1.29, 1.82) is 0 Å². The van der Waals surface area contributed by atoms with Crippen LogP contribution in [0.5, 0.6) is 5.75 Å². The van der Waals surface area contributed by atoms with E-state index >= 15 is 0 Å². The monoisotopic (exact) mass is 232 g/mol. The lowest BCUT2D eigenvalue weighted by Crippen LogP contribution is -2.21. The second-order valence-electron chi connectivity index (χ2n) is 4.77. The van der Waals surface area contributed by atoms with Gasteiger partial charge in [-0.2, -0.15) is 0 Å². The molecule has 2 unspecified atom stereocenters. The van der Waals surface area contributed by atoms with Gasteiger partial charge < -0.3 is 9.47 Å². The number of ether oxygens (including phenoxy) is 2. The van der Waals surface area contributed by atoms with E-state index in [1.54, 1.807) is 0 Å². The average Bonchev–Trinajstić information content (AvgIpc) is 2.95. The topological polar surface area (TPSA) is 35.5 Å². The molecule has 0 bridgehead atoms. The van der Waals surface area contributed by atoms with Gasteiger partial charge >= 0.3 is 0 Å². The molecule has 1 saturated heterocycles. The Bertz CT molecular complexity index is 453. The number of rotatable bonds is 2. The van der Waals surface area contributed by atoms with Gasteiger partial charge in [0.15, 0.2) is 5.78 Å². The number of ketones is 1. The summed E-state index contributed by atoms with van der Waals surface area (Å²) in [6.07, 6.45) is 2.61. The molecule has 2 atom stereocenters. The van der Waals surface area contributed by atoms with Crippen molar-refractivity contribution >= 4 is 5.78 Å². The molecule has 2 heterocycles. The highest BCUT2D eigenvalue weighted by molar-refractivity contribution is 6.02. The van der Waals surface area contributed by atoms with Crippen LogP contribution >= 0.6 is 0 Å². The molecule has 0 radical (unpaired) electrons. The number of benzene rings is 1. The summed E-state index contributed by atoms with van der Waals surface area (Å²) < 4.78 is 11.2. The first-order chi connectivity index (χ1) is 8.25. The normalized spacial score (nSPS) is 26.6. The zero-order chi connectivity index (χ0) is 11.8. The molecule has 1 aromatic carbocycles. The largest absolute Gasteiger partial charge is 0.492 e. The molecule has 2 aliphatic heterocycles. The number of para-hydroxylation sites is 1. The van der Waals surface area contributed by atoms with Crippen molar-refractivity contribution in [2.75, 3.05) is 6.61 Å². The summed E-state index contributed by atoms with van der Waals surface area (Å²) in [5, 5.41) is 0. The van der Waals surface area contributed by atoms with Crippen LogP contribution in [0, 0.1) is 0 Å². The maximum Gasteiger partial charge on any atom is 0.195 e. The van der Waals surface area contributed by atoms with Gasteiger partial charge in [0, 0.05) is 6.42 Å². The Morgan fingerprint density at radius 2 is 2.24 bits per heavy atom. The fraction of sp³-hybridized carbons (Fsp3) is 0.500. The molecule has 3 rings (SSSR count). The lowest BCUT2D eigenvalue weighted by atomic mass is 10.00. The van der Waals surface area contributed by atoms with Crippen molar-refractivity contribution in [3.05, 3.63) is 29.3 Å². The molecule has 0 saturated carbocycles. The summed E-state index contributed by atoms with van der Waals surface area (Å²) in [5.41, 5.74) is 1.83. The second-order valence-corrected chi connectivity index (χ2v) is 4.77. The molecule has 1 fully saturated rings. The van der Waals surface area contributed by atoms with Gasteiger partial charge in [-0.15, -0.1) is 0 Å². The van der Waals surface area contributed by atoms with E-state index in [0.29, 0.717) is 12.2 Å². The van der Waals surface area contributed by atoms with Crippen molar-refractivity contribution in [2.24, 2.45) is 0 Å². The summed E-state index contributed by atoms with van der Waals surface area (Å²) in [6.45, 7) is 2.70. The van der Waals surface area contributed by atoms with Gasteiger partial charge in [-0.3, -0.25) is 4.79 Å². The van der Waals surface area contributed by atoms with E-state index in [1.807, 2.05) is 25.1 Å². The number of Topliss-reactive ketones (excluding diaryl/α,β-unsaturated/α-hetero) is 1. The second kappa shape index (κ2) is 4.15. The number of hydrogen-bond acceptors (Lipinski definition) is 3. The van der Waals surface area contributed by atoms with Crippen LogP contribution in [-0.2, 0) is 11.2 Å². The van der Waals surface area contributed by atoms with Crippen LogP contribution in [0.15, 0.2) is 18.2 Å². The van der Waals surface area contributed by atoms with Gasteiger partial charge in [0.1, 0.15) is 11.9 Å². The Kier molecular flexibility index (Phi) is 2.63. The Hall–Kier alpha value is -1.35. The SMILES string of the molecule is CC1CCC(C(=O)c2cccc3c2OCC3)O1.